The normalized spacial score (nSPS) is 31.8. The monoisotopic (exact) mass is 628 g/mol. The summed E-state index contributed by atoms with van der Waals surface area (Å²) < 4.78 is 18.8. The second kappa shape index (κ2) is 13.0. The highest BCUT2D eigenvalue weighted by atomic mass is 32.2. The Morgan fingerprint density at radius 2 is 1.56 bits per heavy atom. The van der Waals surface area contributed by atoms with E-state index in [2.05, 4.69) is 23.6 Å². The second-order valence-corrected chi connectivity index (χ2v) is 14.7. The first-order chi connectivity index (χ1) is 21.9. The fraction of sp³-hybridized carbons (Fsp3) is 0.486. The zero-order valence-corrected chi connectivity index (χ0v) is 26.9. The molecule has 4 saturated carbocycles. The number of amides is 2. The van der Waals surface area contributed by atoms with Crippen LogP contribution in [0.3, 0.4) is 0 Å². The molecule has 3 aromatic carbocycles. The molecule has 0 spiro atoms. The van der Waals surface area contributed by atoms with Gasteiger partial charge in [0.2, 0.25) is 0 Å². The number of thioether (sulfide) groups is 1. The molecule has 2 amide bonds. The van der Waals surface area contributed by atoms with Crippen LogP contribution in [0.5, 0.6) is 5.75 Å². The number of hydrogen-bond acceptors (Lipinski definition) is 6. The van der Waals surface area contributed by atoms with Gasteiger partial charge >= 0.3 is 6.03 Å². The van der Waals surface area contributed by atoms with Crippen LogP contribution in [0.4, 0.5) is 10.5 Å². The van der Waals surface area contributed by atoms with Gasteiger partial charge in [-0.3, -0.25) is 0 Å². The second-order valence-electron chi connectivity index (χ2n) is 13.7. The first-order valence-corrected chi connectivity index (χ1v) is 17.3. The van der Waals surface area contributed by atoms with Crippen LogP contribution in [0.2, 0.25) is 0 Å². The molecule has 8 rings (SSSR count). The van der Waals surface area contributed by atoms with Crippen LogP contribution in [-0.2, 0) is 16.1 Å². The fourth-order valence-electron chi connectivity index (χ4n) is 8.61. The molecule has 4 unspecified atom stereocenters. The van der Waals surface area contributed by atoms with Gasteiger partial charge in [-0.2, -0.15) is 0 Å². The van der Waals surface area contributed by atoms with E-state index in [1.54, 1.807) is 18.9 Å². The third-order valence-corrected chi connectivity index (χ3v) is 11.6. The van der Waals surface area contributed by atoms with E-state index in [0.717, 1.165) is 75.8 Å². The molecule has 5 aliphatic rings. The van der Waals surface area contributed by atoms with E-state index in [0.29, 0.717) is 0 Å². The van der Waals surface area contributed by atoms with Gasteiger partial charge in [0.05, 0.1) is 25.9 Å². The predicted molar refractivity (Wildman–Crippen MR) is 176 cm³/mol. The maximum atomic E-state index is 13.1. The first-order valence-electron chi connectivity index (χ1n) is 16.4. The summed E-state index contributed by atoms with van der Waals surface area (Å²) in [5.41, 5.74) is 3.55. The Kier molecular flexibility index (Phi) is 8.83. The third kappa shape index (κ3) is 6.61. The summed E-state index contributed by atoms with van der Waals surface area (Å²) in [5.74, 6) is 4.01. The van der Waals surface area contributed by atoms with E-state index in [1.807, 2.05) is 66.7 Å². The van der Waals surface area contributed by atoms with Crippen molar-refractivity contribution in [2.75, 3.05) is 18.2 Å². The van der Waals surface area contributed by atoms with Crippen LogP contribution in [0.25, 0.3) is 0 Å². The summed E-state index contributed by atoms with van der Waals surface area (Å²) >= 11 is 1.72. The van der Waals surface area contributed by atoms with Gasteiger partial charge in [-0.1, -0.05) is 55.5 Å². The number of nitrogens with one attached hydrogen (secondary N) is 2. The average Bonchev–Trinajstić information content (AvgIpc) is 3.04. The van der Waals surface area contributed by atoms with Crippen molar-refractivity contribution in [2.24, 2.45) is 23.7 Å². The van der Waals surface area contributed by atoms with E-state index in [4.69, 9.17) is 14.2 Å². The molecule has 1 aliphatic heterocycles. The first kappa shape index (κ1) is 30.6. The third-order valence-electron chi connectivity index (χ3n) is 10.5. The molecule has 238 valence electrons. The van der Waals surface area contributed by atoms with Crippen LogP contribution >= 0.6 is 11.8 Å². The zero-order chi connectivity index (χ0) is 31.0. The number of benzene rings is 3. The molecule has 3 N–H and O–H groups in total. The lowest BCUT2D eigenvalue weighted by Gasteiger charge is -2.56. The van der Waals surface area contributed by atoms with Crippen molar-refractivity contribution in [1.29, 1.82) is 0 Å². The van der Waals surface area contributed by atoms with Crippen LogP contribution in [0.1, 0.15) is 74.5 Å². The lowest BCUT2D eigenvalue weighted by molar-refractivity contribution is -0.268. The fourth-order valence-corrected chi connectivity index (χ4v) is 9.80. The minimum atomic E-state index is -0.568. The van der Waals surface area contributed by atoms with Crippen LogP contribution in [0, 0.1) is 23.7 Å². The highest BCUT2D eigenvalue weighted by molar-refractivity contribution is 7.99. The summed E-state index contributed by atoms with van der Waals surface area (Å²) in [6, 6.07) is 23.7. The Labute approximate surface area is 270 Å². The molecular formula is C37H44N2O5S. The summed E-state index contributed by atoms with van der Waals surface area (Å²) in [6.07, 6.45) is 6.58. The van der Waals surface area contributed by atoms with Gasteiger partial charge < -0.3 is 30.0 Å². The summed E-state index contributed by atoms with van der Waals surface area (Å²) in [7, 11) is 1.69. The van der Waals surface area contributed by atoms with Crippen molar-refractivity contribution in [1.82, 2.24) is 5.32 Å². The van der Waals surface area contributed by atoms with E-state index < -0.39 is 6.29 Å². The molecule has 4 atom stereocenters. The number of aliphatic hydroxyl groups is 1. The summed E-state index contributed by atoms with van der Waals surface area (Å²) in [5, 5.41) is 16.1. The molecule has 3 aromatic rings. The standard InChI is InChI=1S/C37H44N2O5S/c1-23-32(22-45-33-6-4-3-5-31(33)42-2)43-35(44-34(23)28-9-7-24(21-40)8-10-28)29-11-13-30(14-12-29)38-36(41)39-37-18-25-15-26(19-37)17-27(16-25)20-37/h3-14,23,25-27,32,34-35,40H,15-22H2,1-2H3,(H2,38,39,41). The number of ether oxygens (including phenoxy) is 3. The number of carbonyl (C=O) groups is 1. The molecular weight excluding hydrogens is 584 g/mol. The molecule has 45 heavy (non-hydrogen) atoms. The molecule has 4 aliphatic carbocycles. The smallest absolute Gasteiger partial charge is 0.319 e. The Balaban J connectivity index is 1.05. The van der Waals surface area contributed by atoms with Crippen LogP contribution < -0.4 is 15.4 Å². The Morgan fingerprint density at radius 3 is 2.20 bits per heavy atom. The largest absolute Gasteiger partial charge is 0.496 e. The van der Waals surface area contributed by atoms with E-state index in [-0.39, 0.29) is 36.3 Å². The molecule has 1 saturated heterocycles. The van der Waals surface area contributed by atoms with Crippen LogP contribution in [0.15, 0.2) is 77.7 Å². The van der Waals surface area contributed by atoms with Gasteiger partial charge in [-0.25, -0.2) is 4.79 Å². The van der Waals surface area contributed by atoms with Gasteiger partial charge in [0.15, 0.2) is 6.29 Å². The van der Waals surface area contributed by atoms with E-state index >= 15 is 0 Å². The lowest BCUT2D eigenvalue weighted by Crippen LogP contribution is -2.60. The van der Waals surface area contributed by atoms with Crippen molar-refractivity contribution in [2.45, 2.75) is 81.0 Å². The number of aliphatic hydroxyl groups excluding tert-OH is 1. The highest BCUT2D eigenvalue weighted by Gasteiger charge is 2.51. The number of urea groups is 1. The minimum Gasteiger partial charge on any atom is -0.496 e. The maximum Gasteiger partial charge on any atom is 0.319 e. The number of methoxy groups -OCH3 is 1. The minimum absolute atomic E-state index is 0.00616. The number of rotatable bonds is 9. The number of anilines is 1. The summed E-state index contributed by atoms with van der Waals surface area (Å²) in [6.45, 7) is 2.18. The molecule has 4 bridgehead atoms. The van der Waals surface area contributed by atoms with Crippen molar-refractivity contribution in [3.63, 3.8) is 0 Å². The number of hydrogen-bond donors (Lipinski definition) is 3. The lowest BCUT2D eigenvalue weighted by atomic mass is 9.53. The van der Waals surface area contributed by atoms with Gasteiger partial charge in [-0.05, 0) is 91.7 Å². The topological polar surface area (TPSA) is 89.1 Å². The molecule has 0 aromatic heterocycles. The number of para-hydroxylation sites is 1. The molecule has 8 heteroatoms. The quantitative estimate of drug-likeness (QED) is 0.209. The number of carbonyl (C=O) groups excluding carboxylic acids is 1. The highest BCUT2D eigenvalue weighted by Crippen LogP contribution is 2.55. The summed E-state index contributed by atoms with van der Waals surface area (Å²) in [4.78, 5) is 14.2. The van der Waals surface area contributed by atoms with Crippen molar-refractivity contribution in [3.05, 3.63) is 89.5 Å². The van der Waals surface area contributed by atoms with Crippen molar-refractivity contribution in [3.8, 4) is 5.75 Å². The van der Waals surface area contributed by atoms with Gasteiger partial charge in [0.1, 0.15) is 5.75 Å². The van der Waals surface area contributed by atoms with Crippen LogP contribution in [-0.4, -0.2) is 35.6 Å². The van der Waals surface area contributed by atoms with Crippen molar-refractivity contribution >= 4 is 23.5 Å². The van der Waals surface area contributed by atoms with Gasteiger partial charge in [0, 0.05) is 33.4 Å². The maximum absolute atomic E-state index is 13.1. The Morgan fingerprint density at radius 1 is 0.911 bits per heavy atom. The Hall–Kier alpha value is -3.04. The van der Waals surface area contributed by atoms with Gasteiger partial charge in [-0.15, -0.1) is 11.8 Å². The average molecular weight is 629 g/mol. The van der Waals surface area contributed by atoms with E-state index in [9.17, 15) is 9.90 Å². The zero-order valence-electron chi connectivity index (χ0n) is 26.1. The molecule has 7 nitrogen and oxygen atoms in total. The van der Waals surface area contributed by atoms with E-state index in [1.165, 1.54) is 19.3 Å². The van der Waals surface area contributed by atoms with Crippen molar-refractivity contribution < 1.29 is 24.1 Å². The molecule has 0 radical (unpaired) electrons. The molecule has 5 fully saturated rings. The Bertz CT molecular complexity index is 1440. The SMILES string of the molecule is COc1ccccc1SCC1OC(c2ccc(NC(=O)NC34CC5CC(CC(C5)C3)C4)cc2)OC(c2ccc(CO)cc2)C1C. The molecule has 1 heterocycles. The van der Waals surface area contributed by atoms with Gasteiger partial charge in [0.25, 0.3) is 0 Å². The predicted octanol–water partition coefficient (Wildman–Crippen LogP) is 7.86.